The summed E-state index contributed by atoms with van der Waals surface area (Å²) in [5.41, 5.74) is 4.13. The van der Waals surface area contributed by atoms with Crippen molar-refractivity contribution in [2.45, 2.75) is 25.5 Å². The number of aryl methyl sites for hydroxylation is 2. The predicted octanol–water partition coefficient (Wildman–Crippen LogP) is 1.81. The molecule has 0 radical (unpaired) electrons. The van der Waals surface area contributed by atoms with Crippen molar-refractivity contribution in [3.05, 3.63) is 82.9 Å². The van der Waals surface area contributed by atoms with Gasteiger partial charge in [0, 0.05) is 26.2 Å². The fraction of sp³-hybridized carbons (Fsp3) is 0.308. The number of benzene rings is 2. The second kappa shape index (κ2) is 10.3. The van der Waals surface area contributed by atoms with E-state index in [1.807, 2.05) is 74.5 Å². The van der Waals surface area contributed by atoms with Gasteiger partial charge in [-0.1, -0.05) is 60.7 Å². The standard InChI is InChI=1S/C26H30N4O4/c1-19-7-3-5-9-21(19)11-13-25(27-15-16-28-25)33-23(31)24(32)34-26(29-17-18-30-26)14-12-22-10-6-4-8-20(22)2/h3-14,27-30H,15-18H2,1-2H3. The van der Waals surface area contributed by atoms with Gasteiger partial charge < -0.3 is 9.47 Å². The van der Waals surface area contributed by atoms with Crippen LogP contribution in [0, 0.1) is 13.8 Å². The minimum atomic E-state index is -1.29. The SMILES string of the molecule is Cc1ccccc1C=CC1(OC(=O)C(=O)OC2(C=Cc3ccccc3C)NCCN2)NCCN1. The third-order valence-electron chi connectivity index (χ3n) is 5.85. The van der Waals surface area contributed by atoms with Crippen molar-refractivity contribution in [3.8, 4) is 0 Å². The Morgan fingerprint density at radius 2 is 1.03 bits per heavy atom. The first-order valence-electron chi connectivity index (χ1n) is 11.4. The molecule has 2 aromatic carbocycles. The van der Waals surface area contributed by atoms with Crippen LogP contribution >= 0.6 is 0 Å². The largest absolute Gasteiger partial charge is 0.420 e. The van der Waals surface area contributed by atoms with Crippen LogP contribution in [0.15, 0.2) is 60.7 Å². The van der Waals surface area contributed by atoms with Crippen molar-refractivity contribution in [2.24, 2.45) is 0 Å². The van der Waals surface area contributed by atoms with E-state index in [-0.39, 0.29) is 0 Å². The molecular formula is C26H30N4O4. The molecule has 2 aliphatic rings. The molecule has 0 aromatic heterocycles. The third kappa shape index (κ3) is 5.60. The fourth-order valence-electron chi connectivity index (χ4n) is 3.90. The highest BCUT2D eigenvalue weighted by atomic mass is 16.6. The van der Waals surface area contributed by atoms with Crippen molar-refractivity contribution >= 4 is 24.1 Å². The Morgan fingerprint density at radius 3 is 1.38 bits per heavy atom. The van der Waals surface area contributed by atoms with E-state index < -0.39 is 23.6 Å². The van der Waals surface area contributed by atoms with E-state index in [4.69, 9.17) is 9.47 Å². The van der Waals surface area contributed by atoms with Gasteiger partial charge in [0.05, 0.1) is 0 Å². The van der Waals surface area contributed by atoms with Crippen molar-refractivity contribution < 1.29 is 19.1 Å². The molecule has 0 bridgehead atoms. The average molecular weight is 463 g/mol. The van der Waals surface area contributed by atoms with E-state index in [0.29, 0.717) is 26.2 Å². The molecule has 8 nitrogen and oxygen atoms in total. The second-order valence-electron chi connectivity index (χ2n) is 8.34. The number of rotatable bonds is 6. The van der Waals surface area contributed by atoms with Crippen molar-refractivity contribution in [2.75, 3.05) is 26.2 Å². The lowest BCUT2D eigenvalue weighted by Gasteiger charge is -2.28. The Balaban J connectivity index is 1.46. The van der Waals surface area contributed by atoms with Crippen molar-refractivity contribution in [3.63, 3.8) is 0 Å². The van der Waals surface area contributed by atoms with Gasteiger partial charge in [0.2, 0.25) is 11.7 Å². The van der Waals surface area contributed by atoms with Crippen LogP contribution in [-0.4, -0.2) is 49.8 Å². The Bertz CT molecular complexity index is 1010. The molecule has 0 saturated carbocycles. The van der Waals surface area contributed by atoms with Crippen LogP contribution < -0.4 is 21.3 Å². The first-order valence-corrected chi connectivity index (χ1v) is 11.4. The molecule has 0 amide bonds. The van der Waals surface area contributed by atoms with Crippen LogP contribution in [-0.2, 0) is 19.1 Å². The number of hydrogen-bond donors (Lipinski definition) is 4. The van der Waals surface area contributed by atoms with Gasteiger partial charge in [-0.25, -0.2) is 9.59 Å². The summed E-state index contributed by atoms with van der Waals surface area (Å²) in [5, 5.41) is 12.4. The summed E-state index contributed by atoms with van der Waals surface area (Å²) in [5.74, 6) is -4.79. The Kier molecular flexibility index (Phi) is 7.23. The monoisotopic (exact) mass is 462 g/mol. The van der Waals surface area contributed by atoms with Gasteiger partial charge >= 0.3 is 11.9 Å². The molecular weight excluding hydrogens is 432 g/mol. The molecule has 4 rings (SSSR count). The van der Waals surface area contributed by atoms with Gasteiger partial charge in [0.25, 0.3) is 0 Å². The minimum absolute atomic E-state index is 0.576. The van der Waals surface area contributed by atoms with Crippen LogP contribution in [0.2, 0.25) is 0 Å². The molecule has 0 unspecified atom stereocenters. The second-order valence-corrected chi connectivity index (χ2v) is 8.34. The fourth-order valence-corrected chi connectivity index (χ4v) is 3.90. The molecule has 2 heterocycles. The van der Waals surface area contributed by atoms with Crippen LogP contribution in [0.3, 0.4) is 0 Å². The average Bonchev–Trinajstić information content (AvgIpc) is 3.48. The predicted molar refractivity (Wildman–Crippen MR) is 130 cm³/mol. The molecule has 4 N–H and O–H groups in total. The first kappa shape index (κ1) is 23.8. The van der Waals surface area contributed by atoms with Crippen molar-refractivity contribution in [1.29, 1.82) is 0 Å². The third-order valence-corrected chi connectivity index (χ3v) is 5.85. The van der Waals surface area contributed by atoms with Gasteiger partial charge in [0.15, 0.2) is 0 Å². The maximum Gasteiger partial charge on any atom is 0.420 e. The number of nitrogens with one attached hydrogen (secondary N) is 4. The Morgan fingerprint density at radius 1 is 0.676 bits per heavy atom. The van der Waals surface area contributed by atoms with Gasteiger partial charge in [-0.05, 0) is 48.3 Å². The minimum Gasteiger partial charge on any atom is -0.418 e. The van der Waals surface area contributed by atoms with E-state index in [1.165, 1.54) is 0 Å². The summed E-state index contributed by atoms with van der Waals surface area (Å²) >= 11 is 0. The van der Waals surface area contributed by atoms with Gasteiger partial charge in [0.1, 0.15) is 0 Å². The van der Waals surface area contributed by atoms with E-state index >= 15 is 0 Å². The summed E-state index contributed by atoms with van der Waals surface area (Å²) in [6.07, 6.45) is 7.11. The van der Waals surface area contributed by atoms with E-state index in [9.17, 15) is 9.59 Å². The Labute approximate surface area is 199 Å². The lowest BCUT2D eigenvalue weighted by molar-refractivity contribution is -0.185. The normalized spacial score (nSPS) is 19.0. The van der Waals surface area contributed by atoms with Crippen LogP contribution in [0.25, 0.3) is 12.2 Å². The topological polar surface area (TPSA) is 101 Å². The highest BCUT2D eigenvalue weighted by Crippen LogP contribution is 2.18. The number of esters is 2. The highest BCUT2D eigenvalue weighted by molar-refractivity contribution is 6.30. The van der Waals surface area contributed by atoms with Crippen LogP contribution in [0.5, 0.6) is 0 Å². The van der Waals surface area contributed by atoms with E-state index in [2.05, 4.69) is 21.3 Å². The highest BCUT2D eigenvalue weighted by Gasteiger charge is 2.41. The summed E-state index contributed by atoms with van der Waals surface area (Å²) in [6, 6.07) is 15.7. The Hall–Kier alpha value is -3.30. The number of ether oxygens (including phenoxy) is 2. The summed E-state index contributed by atoms with van der Waals surface area (Å²) in [7, 11) is 0. The zero-order valence-corrected chi connectivity index (χ0v) is 19.4. The quantitative estimate of drug-likeness (QED) is 0.381. The molecule has 178 valence electrons. The number of carbonyl (C=O) groups excluding carboxylic acids is 2. The van der Waals surface area contributed by atoms with Crippen LogP contribution in [0.1, 0.15) is 22.3 Å². The molecule has 0 aliphatic carbocycles. The number of hydrogen-bond acceptors (Lipinski definition) is 8. The zero-order valence-electron chi connectivity index (χ0n) is 19.4. The zero-order chi connectivity index (χ0) is 24.0. The lowest BCUT2D eigenvalue weighted by Crippen LogP contribution is -2.55. The molecule has 2 aliphatic heterocycles. The molecule has 34 heavy (non-hydrogen) atoms. The molecule has 2 saturated heterocycles. The smallest absolute Gasteiger partial charge is 0.418 e. The van der Waals surface area contributed by atoms with Gasteiger partial charge in [-0.3, -0.25) is 21.3 Å². The molecule has 2 fully saturated rings. The summed E-state index contributed by atoms with van der Waals surface area (Å²) in [4.78, 5) is 25.5. The first-order chi connectivity index (χ1) is 16.4. The van der Waals surface area contributed by atoms with Crippen molar-refractivity contribution in [1.82, 2.24) is 21.3 Å². The van der Waals surface area contributed by atoms with E-state index in [0.717, 1.165) is 22.3 Å². The molecule has 2 aromatic rings. The lowest BCUT2D eigenvalue weighted by atomic mass is 10.1. The summed E-state index contributed by atoms with van der Waals surface area (Å²) in [6.45, 7) is 6.30. The number of carbonyl (C=O) groups is 2. The van der Waals surface area contributed by atoms with E-state index in [1.54, 1.807) is 12.2 Å². The maximum absolute atomic E-state index is 12.8. The maximum atomic E-state index is 12.8. The van der Waals surface area contributed by atoms with Crippen LogP contribution in [0.4, 0.5) is 0 Å². The molecule has 8 heteroatoms. The molecule has 0 spiro atoms. The molecule has 0 atom stereocenters. The van der Waals surface area contributed by atoms with Gasteiger partial charge in [-0.15, -0.1) is 0 Å². The van der Waals surface area contributed by atoms with Gasteiger partial charge in [-0.2, -0.15) is 0 Å². The summed E-state index contributed by atoms with van der Waals surface area (Å²) < 4.78 is 11.1.